The minimum absolute atomic E-state index is 0.0747. The fourth-order valence-corrected chi connectivity index (χ4v) is 6.34. The molecule has 1 aliphatic heterocycles. The number of nitrogens with zero attached hydrogens (tertiary/aromatic N) is 1. The molecule has 0 aromatic heterocycles. The maximum atomic E-state index is 12.3. The van der Waals surface area contributed by atoms with Gasteiger partial charge in [-0.3, -0.25) is 0 Å². The molecule has 16 heavy (non-hydrogen) atoms. The SMILES string of the molecule is O=S(=O)(C1CC1)N1C[C@@H]2C[C@H]3C[C@H]2[C@@H]1[C@H]3O. The second kappa shape index (κ2) is 2.82. The third-order valence-corrected chi connectivity index (χ3v) is 7.44. The second-order valence-corrected chi connectivity index (χ2v) is 8.12. The van der Waals surface area contributed by atoms with Crippen molar-refractivity contribution in [3.8, 4) is 0 Å². The molecule has 1 saturated heterocycles. The topological polar surface area (TPSA) is 57.6 Å². The summed E-state index contributed by atoms with van der Waals surface area (Å²) in [6.07, 6.45) is 3.34. The Morgan fingerprint density at radius 2 is 1.88 bits per heavy atom. The third kappa shape index (κ3) is 1.05. The monoisotopic (exact) mass is 243 g/mol. The van der Waals surface area contributed by atoms with Gasteiger partial charge in [0, 0.05) is 6.54 Å². The minimum Gasteiger partial charge on any atom is -0.391 e. The Balaban J connectivity index is 1.72. The van der Waals surface area contributed by atoms with Gasteiger partial charge < -0.3 is 5.11 Å². The van der Waals surface area contributed by atoms with Crippen LogP contribution in [0.1, 0.15) is 25.7 Å². The zero-order chi connectivity index (χ0) is 11.1. The van der Waals surface area contributed by atoms with Crippen LogP contribution in [0.2, 0.25) is 0 Å². The van der Waals surface area contributed by atoms with Gasteiger partial charge in [-0.2, -0.15) is 4.31 Å². The fourth-order valence-electron chi connectivity index (χ4n) is 4.21. The van der Waals surface area contributed by atoms with Gasteiger partial charge in [0.2, 0.25) is 10.0 Å². The highest BCUT2D eigenvalue weighted by atomic mass is 32.2. The summed E-state index contributed by atoms with van der Waals surface area (Å²) in [4.78, 5) is 0. The average Bonchev–Trinajstić information content (AvgIpc) is 2.85. The number of sulfonamides is 1. The molecule has 0 amide bonds. The number of aliphatic hydroxyl groups is 1. The van der Waals surface area contributed by atoms with Crippen LogP contribution in [0.25, 0.3) is 0 Å². The van der Waals surface area contributed by atoms with Gasteiger partial charge in [-0.15, -0.1) is 0 Å². The van der Waals surface area contributed by atoms with Crippen LogP contribution in [0.15, 0.2) is 0 Å². The van der Waals surface area contributed by atoms with Crippen molar-refractivity contribution < 1.29 is 13.5 Å². The zero-order valence-corrected chi connectivity index (χ0v) is 9.94. The van der Waals surface area contributed by atoms with E-state index in [0.717, 1.165) is 25.7 Å². The van der Waals surface area contributed by atoms with E-state index in [1.165, 1.54) is 0 Å². The highest BCUT2D eigenvalue weighted by molar-refractivity contribution is 7.90. The summed E-state index contributed by atoms with van der Waals surface area (Å²) in [5, 5.41) is 10.0. The van der Waals surface area contributed by atoms with E-state index in [2.05, 4.69) is 0 Å². The molecule has 2 bridgehead atoms. The van der Waals surface area contributed by atoms with Gasteiger partial charge in [0.1, 0.15) is 0 Å². The lowest BCUT2D eigenvalue weighted by Gasteiger charge is -2.28. The molecule has 1 heterocycles. The molecule has 0 aromatic rings. The van der Waals surface area contributed by atoms with Crippen molar-refractivity contribution >= 4 is 10.0 Å². The van der Waals surface area contributed by atoms with Crippen LogP contribution >= 0.6 is 0 Å². The van der Waals surface area contributed by atoms with Gasteiger partial charge in [-0.1, -0.05) is 0 Å². The minimum atomic E-state index is -3.09. The average molecular weight is 243 g/mol. The molecule has 5 atom stereocenters. The first-order valence-corrected chi connectivity index (χ1v) is 7.78. The molecule has 5 heteroatoms. The molecular weight excluding hydrogens is 226 g/mol. The molecule has 3 saturated carbocycles. The number of fused-ring (bicyclic) bond motifs is 1. The molecule has 1 N–H and O–H groups in total. The molecule has 3 aliphatic carbocycles. The van der Waals surface area contributed by atoms with Crippen LogP contribution < -0.4 is 0 Å². The van der Waals surface area contributed by atoms with E-state index in [9.17, 15) is 13.5 Å². The molecule has 4 fully saturated rings. The lowest BCUT2D eigenvalue weighted by atomic mass is 9.88. The van der Waals surface area contributed by atoms with Crippen LogP contribution in [0.3, 0.4) is 0 Å². The van der Waals surface area contributed by atoms with Gasteiger partial charge in [-0.05, 0) is 43.4 Å². The van der Waals surface area contributed by atoms with Crippen molar-refractivity contribution in [2.24, 2.45) is 17.8 Å². The van der Waals surface area contributed by atoms with E-state index >= 15 is 0 Å². The van der Waals surface area contributed by atoms with E-state index in [1.54, 1.807) is 4.31 Å². The summed E-state index contributed by atoms with van der Waals surface area (Å²) in [5.41, 5.74) is 0. The van der Waals surface area contributed by atoms with E-state index in [4.69, 9.17) is 0 Å². The van der Waals surface area contributed by atoms with Gasteiger partial charge in [0.15, 0.2) is 0 Å². The van der Waals surface area contributed by atoms with Crippen molar-refractivity contribution in [3.05, 3.63) is 0 Å². The lowest BCUT2D eigenvalue weighted by molar-refractivity contribution is 0.0730. The maximum absolute atomic E-state index is 12.3. The number of hydrogen-bond donors (Lipinski definition) is 1. The highest BCUT2D eigenvalue weighted by Crippen LogP contribution is 2.56. The van der Waals surface area contributed by atoms with Crippen molar-refractivity contribution in [2.45, 2.75) is 43.1 Å². The summed E-state index contributed by atoms with van der Waals surface area (Å²) in [6, 6.07) is -0.0747. The van der Waals surface area contributed by atoms with E-state index in [0.29, 0.717) is 24.3 Å². The van der Waals surface area contributed by atoms with E-state index in [1.807, 2.05) is 0 Å². The second-order valence-electron chi connectivity index (χ2n) is 5.95. The number of rotatable bonds is 2. The summed E-state index contributed by atoms with van der Waals surface area (Å²) in [5.74, 6) is 1.36. The van der Waals surface area contributed by atoms with Crippen molar-refractivity contribution in [2.75, 3.05) is 6.54 Å². The summed E-state index contributed by atoms with van der Waals surface area (Å²) >= 11 is 0. The van der Waals surface area contributed by atoms with Crippen LogP contribution in [0.5, 0.6) is 0 Å². The smallest absolute Gasteiger partial charge is 0.217 e. The quantitative estimate of drug-likeness (QED) is 0.752. The molecule has 0 spiro atoms. The van der Waals surface area contributed by atoms with Gasteiger partial charge in [0.25, 0.3) is 0 Å². The zero-order valence-electron chi connectivity index (χ0n) is 9.12. The third-order valence-electron chi connectivity index (χ3n) is 5.08. The van der Waals surface area contributed by atoms with Crippen LogP contribution in [-0.2, 0) is 10.0 Å². The fraction of sp³-hybridized carbons (Fsp3) is 1.00. The van der Waals surface area contributed by atoms with Crippen molar-refractivity contribution in [1.29, 1.82) is 0 Å². The van der Waals surface area contributed by atoms with Gasteiger partial charge in [0.05, 0.1) is 17.4 Å². The standard InChI is InChI=1S/C11H17NO3S/c13-11-6-3-7-5-12(10(11)9(7)4-6)16(14,15)8-1-2-8/h6-11,13H,1-5H2/t6-,7-,9+,10+,11-/m0/s1. The summed E-state index contributed by atoms with van der Waals surface area (Å²) in [7, 11) is -3.09. The molecular formula is C11H17NO3S. The normalized spacial score (nSPS) is 51.4. The van der Waals surface area contributed by atoms with Crippen LogP contribution in [0.4, 0.5) is 0 Å². The van der Waals surface area contributed by atoms with Crippen molar-refractivity contribution in [3.63, 3.8) is 0 Å². The van der Waals surface area contributed by atoms with Crippen molar-refractivity contribution in [1.82, 2.24) is 4.31 Å². The Morgan fingerprint density at radius 3 is 2.50 bits per heavy atom. The van der Waals surface area contributed by atoms with Crippen LogP contribution in [-0.4, -0.2) is 41.8 Å². The van der Waals surface area contributed by atoms with Gasteiger partial charge in [-0.25, -0.2) is 8.42 Å². The molecule has 0 unspecified atom stereocenters. The van der Waals surface area contributed by atoms with Crippen LogP contribution in [0, 0.1) is 17.8 Å². The lowest BCUT2D eigenvalue weighted by Crippen LogP contribution is -2.44. The highest BCUT2D eigenvalue weighted by Gasteiger charge is 2.62. The molecule has 90 valence electrons. The predicted octanol–water partition coefficient (Wildman–Crippen LogP) is 0.180. The first-order valence-electron chi connectivity index (χ1n) is 6.28. The van der Waals surface area contributed by atoms with E-state index in [-0.39, 0.29) is 11.3 Å². The largest absolute Gasteiger partial charge is 0.391 e. The Labute approximate surface area is 95.7 Å². The van der Waals surface area contributed by atoms with E-state index < -0.39 is 16.1 Å². The maximum Gasteiger partial charge on any atom is 0.217 e. The molecule has 4 rings (SSSR count). The Kier molecular flexibility index (Phi) is 1.73. The first kappa shape index (κ1) is 9.85. The predicted molar refractivity (Wildman–Crippen MR) is 58.1 cm³/mol. The number of hydrogen-bond acceptors (Lipinski definition) is 3. The molecule has 0 radical (unpaired) electrons. The van der Waals surface area contributed by atoms with Gasteiger partial charge >= 0.3 is 0 Å². The Bertz CT molecular complexity index is 429. The summed E-state index contributed by atoms with van der Waals surface area (Å²) < 4.78 is 26.2. The molecule has 0 aromatic carbocycles. The Morgan fingerprint density at radius 1 is 1.12 bits per heavy atom. The summed E-state index contributed by atoms with van der Waals surface area (Å²) in [6.45, 7) is 0.682. The molecule has 4 aliphatic rings. The number of aliphatic hydroxyl groups excluding tert-OH is 1. The molecule has 4 nitrogen and oxygen atoms in total. The first-order chi connectivity index (χ1) is 7.59. The Hall–Kier alpha value is -0.130.